The predicted molar refractivity (Wildman–Crippen MR) is 119 cm³/mol. The fourth-order valence-electron chi connectivity index (χ4n) is 3.36. The number of carbonyl (C=O) groups is 2. The second-order valence-electron chi connectivity index (χ2n) is 6.75. The Morgan fingerprint density at radius 3 is 2.64 bits per heavy atom. The maximum absolute atomic E-state index is 12.7. The van der Waals surface area contributed by atoms with Crippen molar-refractivity contribution < 1.29 is 14.7 Å². The molecule has 1 N–H and O–H groups in total. The Morgan fingerprint density at radius 1 is 1.18 bits per heavy atom. The first-order valence-electron chi connectivity index (χ1n) is 8.72. The summed E-state index contributed by atoms with van der Waals surface area (Å²) < 4.78 is 0.437. The second kappa shape index (κ2) is 7.39. The zero-order valence-corrected chi connectivity index (χ0v) is 17.7. The number of anilines is 2. The quantitative estimate of drug-likeness (QED) is 0.531. The largest absolute Gasteiger partial charge is 0.481 e. The molecule has 0 aromatic heterocycles. The van der Waals surface area contributed by atoms with Gasteiger partial charge in [0, 0.05) is 16.8 Å². The van der Waals surface area contributed by atoms with Gasteiger partial charge in [0.05, 0.1) is 32.3 Å². The fourth-order valence-corrected chi connectivity index (χ4v) is 6.21. The van der Waals surface area contributed by atoms with Gasteiger partial charge in [-0.25, -0.2) is 0 Å². The molecule has 2 heterocycles. The summed E-state index contributed by atoms with van der Waals surface area (Å²) >= 11 is 8.20. The minimum atomic E-state index is -1.01. The highest BCUT2D eigenvalue weighted by molar-refractivity contribution is 8.27. The van der Waals surface area contributed by atoms with Crippen molar-refractivity contribution in [2.24, 2.45) is 11.8 Å². The standard InChI is InChI=1S/C21H17NO3S3/c1-11(20(24)25)18-19(23)17(28-21(18)26)10-12-7-8-14-16(9-12)27-15-6-4-3-5-13(15)22(14)2/h3-11,18H,1-2H3,(H,24,25)/b17-10+. The number of ketones is 1. The molecule has 1 fully saturated rings. The van der Waals surface area contributed by atoms with Gasteiger partial charge in [-0.15, -0.1) is 0 Å². The number of Topliss-reactive ketones (excluding diaryl/α,β-unsaturated/α-hetero) is 1. The van der Waals surface area contributed by atoms with E-state index in [1.807, 2.05) is 37.4 Å². The number of carbonyl (C=O) groups excluding carboxylic acids is 1. The van der Waals surface area contributed by atoms with Crippen molar-refractivity contribution in [2.75, 3.05) is 11.9 Å². The third-order valence-electron chi connectivity index (χ3n) is 4.97. The number of thioether (sulfide) groups is 1. The number of allylic oxidation sites excluding steroid dienone is 1. The second-order valence-corrected chi connectivity index (χ2v) is 9.62. The van der Waals surface area contributed by atoms with Crippen LogP contribution in [0.3, 0.4) is 0 Å². The van der Waals surface area contributed by atoms with Crippen LogP contribution in [0.2, 0.25) is 0 Å². The Morgan fingerprint density at radius 2 is 1.89 bits per heavy atom. The Labute approximate surface area is 177 Å². The number of rotatable bonds is 3. The summed E-state index contributed by atoms with van der Waals surface area (Å²) in [5.41, 5.74) is 3.19. The molecule has 142 valence electrons. The van der Waals surface area contributed by atoms with Gasteiger partial charge in [-0.05, 0) is 35.9 Å². The number of carboxylic acid groups (broad SMARTS) is 1. The van der Waals surface area contributed by atoms with Crippen LogP contribution in [0.15, 0.2) is 57.2 Å². The Balaban J connectivity index is 1.65. The molecule has 0 bridgehead atoms. The number of aliphatic carboxylic acids is 1. The lowest BCUT2D eigenvalue weighted by Crippen LogP contribution is -2.27. The molecule has 2 unspecified atom stereocenters. The van der Waals surface area contributed by atoms with Gasteiger partial charge < -0.3 is 10.0 Å². The van der Waals surface area contributed by atoms with Crippen LogP contribution < -0.4 is 4.90 Å². The van der Waals surface area contributed by atoms with Crippen LogP contribution in [-0.4, -0.2) is 28.1 Å². The summed E-state index contributed by atoms with van der Waals surface area (Å²) in [7, 11) is 2.04. The molecule has 2 aliphatic rings. The molecule has 2 aliphatic heterocycles. The van der Waals surface area contributed by atoms with Gasteiger partial charge in [0.15, 0.2) is 5.78 Å². The number of carboxylic acids is 1. The highest BCUT2D eigenvalue weighted by Gasteiger charge is 2.41. The Hall–Kier alpha value is -2.09. The lowest BCUT2D eigenvalue weighted by Gasteiger charge is -2.29. The van der Waals surface area contributed by atoms with Gasteiger partial charge in [-0.1, -0.05) is 60.9 Å². The molecular weight excluding hydrogens is 410 g/mol. The van der Waals surface area contributed by atoms with E-state index < -0.39 is 17.8 Å². The molecule has 28 heavy (non-hydrogen) atoms. The monoisotopic (exact) mass is 427 g/mol. The van der Waals surface area contributed by atoms with E-state index in [4.69, 9.17) is 12.2 Å². The van der Waals surface area contributed by atoms with E-state index in [1.165, 1.54) is 29.3 Å². The van der Waals surface area contributed by atoms with Gasteiger partial charge in [0.2, 0.25) is 0 Å². The highest BCUT2D eigenvalue weighted by atomic mass is 32.2. The van der Waals surface area contributed by atoms with E-state index in [1.54, 1.807) is 11.8 Å². The van der Waals surface area contributed by atoms with E-state index in [0.29, 0.717) is 9.10 Å². The average Bonchev–Trinajstić information content (AvgIpc) is 2.94. The molecule has 0 saturated carbocycles. The third-order valence-corrected chi connectivity index (χ3v) is 7.58. The van der Waals surface area contributed by atoms with E-state index in [9.17, 15) is 14.7 Å². The van der Waals surface area contributed by atoms with Gasteiger partial charge in [0.25, 0.3) is 0 Å². The topological polar surface area (TPSA) is 57.6 Å². The number of para-hydroxylation sites is 1. The maximum Gasteiger partial charge on any atom is 0.307 e. The summed E-state index contributed by atoms with van der Waals surface area (Å²) in [6, 6.07) is 14.3. The molecule has 0 radical (unpaired) electrons. The van der Waals surface area contributed by atoms with Gasteiger partial charge in [-0.3, -0.25) is 9.59 Å². The molecule has 2 atom stereocenters. The van der Waals surface area contributed by atoms with Crippen molar-refractivity contribution >= 4 is 69.1 Å². The Bertz CT molecular complexity index is 1050. The van der Waals surface area contributed by atoms with Crippen LogP contribution >= 0.6 is 35.7 Å². The maximum atomic E-state index is 12.7. The number of benzene rings is 2. The fraction of sp³-hybridized carbons (Fsp3) is 0.190. The molecule has 0 aliphatic carbocycles. The first kappa shape index (κ1) is 19.2. The molecule has 4 nitrogen and oxygen atoms in total. The zero-order valence-electron chi connectivity index (χ0n) is 15.2. The normalized spacial score (nSPS) is 20.9. The minimum Gasteiger partial charge on any atom is -0.481 e. The molecule has 0 spiro atoms. The van der Waals surface area contributed by atoms with E-state index in [-0.39, 0.29) is 5.78 Å². The van der Waals surface area contributed by atoms with Crippen molar-refractivity contribution in [3.05, 3.63) is 52.9 Å². The number of hydrogen-bond acceptors (Lipinski definition) is 6. The molecule has 2 aromatic carbocycles. The number of nitrogens with zero attached hydrogens (tertiary/aromatic N) is 1. The summed E-state index contributed by atoms with van der Waals surface area (Å²) in [4.78, 5) is 29.0. The molecule has 1 saturated heterocycles. The number of hydrogen-bond donors (Lipinski definition) is 1. The number of thiocarbonyl (C=S) groups is 1. The lowest BCUT2D eigenvalue weighted by molar-refractivity contribution is -0.143. The minimum absolute atomic E-state index is 0.197. The van der Waals surface area contributed by atoms with Crippen LogP contribution in [0, 0.1) is 11.8 Å². The molecule has 4 rings (SSSR count). The zero-order chi connectivity index (χ0) is 20.0. The van der Waals surface area contributed by atoms with Crippen molar-refractivity contribution in [1.29, 1.82) is 0 Å². The summed E-state index contributed by atoms with van der Waals surface area (Å²) in [5, 5.41) is 9.24. The molecule has 0 amide bonds. The van der Waals surface area contributed by atoms with Gasteiger partial charge in [0.1, 0.15) is 0 Å². The average molecular weight is 428 g/mol. The molecular formula is C21H17NO3S3. The summed E-state index contributed by atoms with van der Waals surface area (Å²) in [6.45, 7) is 1.53. The van der Waals surface area contributed by atoms with Crippen molar-refractivity contribution in [3.8, 4) is 0 Å². The van der Waals surface area contributed by atoms with Crippen molar-refractivity contribution in [1.82, 2.24) is 0 Å². The predicted octanol–water partition coefficient (Wildman–Crippen LogP) is 5.24. The SMILES string of the molecule is CC(C(=O)O)C1C(=O)/C(=C\c2ccc3c(c2)Sc2ccccc2N3C)SC1=S. The van der Waals surface area contributed by atoms with Crippen molar-refractivity contribution in [2.45, 2.75) is 16.7 Å². The number of fused-ring (bicyclic) bond motifs is 2. The summed E-state index contributed by atoms with van der Waals surface area (Å²) in [6.07, 6.45) is 1.81. The van der Waals surface area contributed by atoms with Gasteiger partial charge >= 0.3 is 5.97 Å². The Kier molecular flexibility index (Phi) is 5.07. The van der Waals surface area contributed by atoms with Crippen molar-refractivity contribution in [3.63, 3.8) is 0 Å². The third kappa shape index (κ3) is 3.27. The molecule has 7 heteroatoms. The lowest BCUT2D eigenvalue weighted by atomic mass is 9.91. The first-order valence-corrected chi connectivity index (χ1v) is 10.8. The van der Waals surface area contributed by atoms with E-state index in [0.717, 1.165) is 16.1 Å². The smallest absolute Gasteiger partial charge is 0.307 e. The van der Waals surface area contributed by atoms with E-state index >= 15 is 0 Å². The van der Waals surface area contributed by atoms with Crippen LogP contribution in [0.4, 0.5) is 11.4 Å². The first-order chi connectivity index (χ1) is 13.4. The summed E-state index contributed by atoms with van der Waals surface area (Å²) in [5.74, 6) is -2.76. The van der Waals surface area contributed by atoms with Crippen LogP contribution in [0.1, 0.15) is 12.5 Å². The van der Waals surface area contributed by atoms with Gasteiger partial charge in [-0.2, -0.15) is 0 Å². The van der Waals surface area contributed by atoms with Crippen LogP contribution in [-0.2, 0) is 9.59 Å². The van der Waals surface area contributed by atoms with Crippen LogP contribution in [0.5, 0.6) is 0 Å². The highest BCUT2D eigenvalue weighted by Crippen LogP contribution is 2.48. The van der Waals surface area contributed by atoms with E-state index in [2.05, 4.69) is 23.1 Å². The molecule has 2 aromatic rings. The van der Waals surface area contributed by atoms with Crippen LogP contribution in [0.25, 0.3) is 6.08 Å².